The molecule has 3 aromatic carbocycles. The zero-order chi connectivity index (χ0) is 33.5. The molecule has 0 unspecified atom stereocenters. The molecule has 3 saturated heterocycles. The number of hydrogen-bond donors (Lipinski definition) is 1. The molecule has 8 nitrogen and oxygen atoms in total. The first-order chi connectivity index (χ1) is 23.2. The van der Waals surface area contributed by atoms with Crippen LogP contribution in [0.2, 0.25) is 0 Å². The summed E-state index contributed by atoms with van der Waals surface area (Å²) in [6.45, 7) is 6.76. The van der Waals surface area contributed by atoms with Crippen molar-refractivity contribution in [3.8, 4) is 0 Å². The van der Waals surface area contributed by atoms with Crippen molar-refractivity contribution >= 4 is 42.9 Å². The Bertz CT molecular complexity index is 1870. The number of aromatic nitrogens is 2. The van der Waals surface area contributed by atoms with Crippen molar-refractivity contribution in [1.29, 1.82) is 0 Å². The van der Waals surface area contributed by atoms with E-state index in [1.165, 1.54) is 30.0 Å². The van der Waals surface area contributed by atoms with Crippen LogP contribution in [0.4, 0.5) is 0 Å². The molecule has 3 atom stereocenters. The molecule has 4 aromatic rings. The number of hydrogen-bond acceptors (Lipinski definition) is 5. The Balaban J connectivity index is 1.05. The molecule has 2 bridgehead atoms. The molecule has 3 aliphatic rings. The molecular weight excluding hydrogens is 686 g/mol. The van der Waals surface area contributed by atoms with Crippen LogP contribution < -0.4 is 4.72 Å². The molecule has 0 aliphatic carbocycles. The number of fused-ring (bicyclic) bond motifs is 3. The van der Waals surface area contributed by atoms with Crippen LogP contribution in [0.25, 0.3) is 11.0 Å². The Morgan fingerprint density at radius 3 is 2.35 bits per heavy atom. The number of piperidine rings is 2. The number of rotatable bonds is 10. The van der Waals surface area contributed by atoms with Gasteiger partial charge in [-0.25, -0.2) is 18.1 Å². The summed E-state index contributed by atoms with van der Waals surface area (Å²) in [6.07, 6.45) is 8.36. The number of para-hydroxylation sites is 2. The van der Waals surface area contributed by atoms with Crippen LogP contribution >= 0.6 is 15.9 Å². The molecule has 1 N–H and O–H groups in total. The van der Waals surface area contributed by atoms with Gasteiger partial charge in [0.15, 0.2) is 0 Å². The Morgan fingerprint density at radius 1 is 0.958 bits per heavy atom. The van der Waals surface area contributed by atoms with Crippen molar-refractivity contribution in [1.82, 2.24) is 24.1 Å². The first-order valence-electron chi connectivity index (χ1n) is 17.5. The third kappa shape index (κ3) is 6.37. The minimum absolute atomic E-state index is 0.0102. The van der Waals surface area contributed by atoms with Gasteiger partial charge >= 0.3 is 0 Å². The second-order valence-corrected chi connectivity index (χ2v) is 16.6. The van der Waals surface area contributed by atoms with Crippen LogP contribution in [0.3, 0.4) is 0 Å². The quantitative estimate of drug-likeness (QED) is 0.186. The molecule has 1 amide bonds. The highest BCUT2D eigenvalue weighted by Gasteiger charge is 2.44. The fraction of sp³-hybridized carbons (Fsp3) is 0.474. The maximum Gasteiger partial charge on any atom is 0.253 e. The van der Waals surface area contributed by atoms with Gasteiger partial charge in [-0.1, -0.05) is 49.4 Å². The topological polar surface area (TPSA) is 87.5 Å². The summed E-state index contributed by atoms with van der Waals surface area (Å²) in [5.74, 6) is 1.01. The van der Waals surface area contributed by atoms with Gasteiger partial charge in [0.05, 0.1) is 15.9 Å². The van der Waals surface area contributed by atoms with Crippen LogP contribution in [0, 0.1) is 6.92 Å². The van der Waals surface area contributed by atoms with Crippen LogP contribution in [-0.4, -0.2) is 71.9 Å². The number of amides is 1. The third-order valence-electron chi connectivity index (χ3n) is 11.2. The molecule has 7 rings (SSSR count). The van der Waals surface area contributed by atoms with Gasteiger partial charge in [-0.05, 0) is 122 Å². The van der Waals surface area contributed by atoms with E-state index in [1.54, 1.807) is 12.1 Å². The highest BCUT2D eigenvalue weighted by molar-refractivity contribution is 9.10. The van der Waals surface area contributed by atoms with Crippen LogP contribution in [-0.2, 0) is 15.4 Å². The zero-order valence-corrected chi connectivity index (χ0v) is 30.3. The van der Waals surface area contributed by atoms with Gasteiger partial charge in [0.2, 0.25) is 10.0 Å². The molecule has 254 valence electrons. The fourth-order valence-electron chi connectivity index (χ4n) is 8.74. The van der Waals surface area contributed by atoms with Crippen molar-refractivity contribution < 1.29 is 13.2 Å². The first kappa shape index (κ1) is 33.4. The average molecular weight is 733 g/mol. The lowest BCUT2D eigenvalue weighted by Crippen LogP contribution is -2.49. The number of aryl methyl sites for hydroxylation is 1. The van der Waals surface area contributed by atoms with Crippen LogP contribution in [0.5, 0.6) is 0 Å². The number of imidazole rings is 1. The summed E-state index contributed by atoms with van der Waals surface area (Å²) in [6, 6.07) is 26.0. The van der Waals surface area contributed by atoms with E-state index in [1.807, 2.05) is 11.8 Å². The summed E-state index contributed by atoms with van der Waals surface area (Å²) in [5, 5.41) is 0. The number of nitrogens with zero attached hydrogens (tertiary/aromatic N) is 4. The number of likely N-dealkylation sites (tertiary alicyclic amines) is 1. The van der Waals surface area contributed by atoms with Gasteiger partial charge in [-0.3, -0.25) is 9.69 Å². The van der Waals surface area contributed by atoms with Gasteiger partial charge in [-0.2, -0.15) is 0 Å². The summed E-state index contributed by atoms with van der Waals surface area (Å²) in [4.78, 5) is 23.5. The summed E-state index contributed by atoms with van der Waals surface area (Å²) < 4.78 is 31.4. The molecule has 0 radical (unpaired) electrons. The molecular formula is C38H46BrN5O3S. The molecule has 0 spiro atoms. The normalized spacial score (nSPS) is 22.7. The van der Waals surface area contributed by atoms with Crippen LogP contribution in [0.1, 0.15) is 86.1 Å². The van der Waals surface area contributed by atoms with Gasteiger partial charge in [-0.15, -0.1) is 0 Å². The van der Waals surface area contributed by atoms with E-state index in [-0.39, 0.29) is 16.2 Å². The van der Waals surface area contributed by atoms with E-state index in [0.717, 1.165) is 50.0 Å². The largest absolute Gasteiger partial charge is 0.339 e. The molecule has 48 heavy (non-hydrogen) atoms. The van der Waals surface area contributed by atoms with Crippen LogP contribution in [0.15, 0.2) is 82.2 Å². The van der Waals surface area contributed by atoms with Gasteiger partial charge in [0, 0.05) is 47.8 Å². The Hall–Kier alpha value is -3.05. The number of carbonyl (C=O) groups is 1. The van der Waals surface area contributed by atoms with Crippen molar-refractivity contribution in [2.75, 3.05) is 26.2 Å². The lowest BCUT2D eigenvalue weighted by Gasteiger charge is -2.45. The van der Waals surface area contributed by atoms with Gasteiger partial charge < -0.3 is 9.47 Å². The SMILES string of the molecule is CCCNS(=O)(=O)c1cc(C(=O)N2CCC(CCN3[C@@H]4CC[C@H]3C[C@@H](n3c(C)nc5ccccc53)C4)(c3ccccc3)CC2)ccc1Br. The number of benzene rings is 3. The summed E-state index contributed by atoms with van der Waals surface area (Å²) >= 11 is 3.38. The van der Waals surface area contributed by atoms with E-state index < -0.39 is 10.0 Å². The van der Waals surface area contributed by atoms with E-state index in [0.29, 0.717) is 54.2 Å². The smallest absolute Gasteiger partial charge is 0.253 e. The van der Waals surface area contributed by atoms with Gasteiger partial charge in [0.25, 0.3) is 5.91 Å². The number of sulfonamides is 1. The van der Waals surface area contributed by atoms with E-state index >= 15 is 0 Å². The first-order valence-corrected chi connectivity index (χ1v) is 19.8. The molecule has 3 aliphatic heterocycles. The average Bonchev–Trinajstić information content (AvgIpc) is 3.56. The Morgan fingerprint density at radius 2 is 1.65 bits per heavy atom. The second-order valence-electron chi connectivity index (χ2n) is 14.0. The monoisotopic (exact) mass is 731 g/mol. The van der Waals surface area contributed by atoms with E-state index in [2.05, 4.69) is 91.6 Å². The predicted octanol–water partition coefficient (Wildman–Crippen LogP) is 7.23. The zero-order valence-electron chi connectivity index (χ0n) is 27.9. The molecule has 1 aromatic heterocycles. The number of carbonyl (C=O) groups excluding carboxylic acids is 1. The maximum absolute atomic E-state index is 13.8. The Labute approximate surface area is 293 Å². The molecule has 0 saturated carbocycles. The lowest BCUT2D eigenvalue weighted by atomic mass is 9.70. The Kier molecular flexibility index (Phi) is 9.54. The molecule has 10 heteroatoms. The van der Waals surface area contributed by atoms with Crippen molar-refractivity contribution in [2.45, 2.75) is 93.7 Å². The van der Waals surface area contributed by atoms with Gasteiger partial charge in [0.1, 0.15) is 5.82 Å². The maximum atomic E-state index is 13.8. The van der Waals surface area contributed by atoms with E-state index in [4.69, 9.17) is 4.98 Å². The van der Waals surface area contributed by atoms with Crippen molar-refractivity contribution in [3.63, 3.8) is 0 Å². The third-order valence-corrected chi connectivity index (χ3v) is 13.7. The number of halogens is 1. The minimum atomic E-state index is -3.72. The highest BCUT2D eigenvalue weighted by atomic mass is 79.9. The molecule has 4 heterocycles. The van der Waals surface area contributed by atoms with E-state index in [9.17, 15) is 13.2 Å². The summed E-state index contributed by atoms with van der Waals surface area (Å²) in [5.41, 5.74) is 4.10. The van der Waals surface area contributed by atoms with Crippen molar-refractivity contribution in [3.05, 3.63) is 94.2 Å². The standard InChI is InChI=1S/C38H46BrN5O3S/c1-3-20-40-48(46,47)36-24-28(13-16-33(36)39)37(45)42-21-17-38(18-22-42,29-9-5-4-6-10-29)19-23-43-30-14-15-31(43)26-32(25-30)44-27(2)41-34-11-7-8-12-35(34)44/h4-13,16,24,30-32,40H,3,14-15,17-23,25-26H2,1-2H3/t30-,31+,32+. The fourth-order valence-corrected chi connectivity index (χ4v) is 10.9. The minimum Gasteiger partial charge on any atom is -0.339 e. The highest BCUT2D eigenvalue weighted by Crippen LogP contribution is 2.45. The second kappa shape index (κ2) is 13.7. The summed E-state index contributed by atoms with van der Waals surface area (Å²) in [7, 11) is -3.72. The predicted molar refractivity (Wildman–Crippen MR) is 194 cm³/mol. The number of nitrogens with one attached hydrogen (secondary N) is 1. The van der Waals surface area contributed by atoms with Crippen molar-refractivity contribution in [2.24, 2.45) is 0 Å². The molecule has 3 fully saturated rings. The lowest BCUT2D eigenvalue weighted by molar-refractivity contribution is 0.0606.